The number of aromatic nitrogens is 2. The number of anilines is 1. The van der Waals surface area contributed by atoms with Crippen molar-refractivity contribution in [2.45, 2.75) is 4.90 Å². The predicted octanol–water partition coefficient (Wildman–Crippen LogP) is 2.87. The number of nitrogens with zero attached hydrogens (tertiary/aromatic N) is 2. The van der Waals surface area contributed by atoms with E-state index in [1.165, 1.54) is 43.8 Å². The third-order valence-electron chi connectivity index (χ3n) is 3.38. The van der Waals surface area contributed by atoms with Crippen LogP contribution >= 0.6 is 11.6 Å². The lowest BCUT2D eigenvalue weighted by molar-refractivity contribution is 0.0602. The molecule has 0 saturated carbocycles. The van der Waals surface area contributed by atoms with Crippen molar-refractivity contribution in [3.05, 3.63) is 59.4 Å². The summed E-state index contributed by atoms with van der Waals surface area (Å²) in [6.07, 6.45) is 2.87. The fourth-order valence-electron chi connectivity index (χ4n) is 2.27. The molecule has 2 aromatic carbocycles. The SMILES string of the molecule is COC(=O)c1ccc(Cl)cc1NS(=O)(=O)c1cccc2nccnc12. The van der Waals surface area contributed by atoms with Crippen LogP contribution in [0.4, 0.5) is 5.69 Å². The molecular formula is C16H12ClN3O4S. The van der Waals surface area contributed by atoms with Gasteiger partial charge in [0.2, 0.25) is 0 Å². The monoisotopic (exact) mass is 377 g/mol. The molecular weight excluding hydrogens is 366 g/mol. The zero-order valence-corrected chi connectivity index (χ0v) is 14.5. The van der Waals surface area contributed by atoms with E-state index in [4.69, 9.17) is 11.6 Å². The van der Waals surface area contributed by atoms with E-state index in [0.29, 0.717) is 5.52 Å². The molecule has 0 aliphatic heterocycles. The first kappa shape index (κ1) is 17.1. The quantitative estimate of drug-likeness (QED) is 0.702. The molecule has 1 N–H and O–H groups in total. The Kier molecular flexibility index (Phi) is 4.56. The first-order valence-electron chi connectivity index (χ1n) is 7.03. The van der Waals surface area contributed by atoms with Crippen LogP contribution in [-0.4, -0.2) is 31.5 Å². The molecule has 7 nitrogen and oxygen atoms in total. The number of carbonyl (C=O) groups is 1. The Balaban J connectivity index is 2.11. The predicted molar refractivity (Wildman–Crippen MR) is 93.1 cm³/mol. The molecule has 3 rings (SSSR count). The number of nitrogens with one attached hydrogen (secondary N) is 1. The van der Waals surface area contributed by atoms with Crippen LogP contribution in [0.1, 0.15) is 10.4 Å². The Hall–Kier alpha value is -2.71. The summed E-state index contributed by atoms with van der Waals surface area (Å²) in [4.78, 5) is 20.0. The lowest BCUT2D eigenvalue weighted by Crippen LogP contribution is -2.16. The summed E-state index contributed by atoms with van der Waals surface area (Å²) in [5.41, 5.74) is 0.714. The first-order valence-corrected chi connectivity index (χ1v) is 8.89. The molecule has 3 aromatic rings. The van der Waals surface area contributed by atoms with E-state index in [9.17, 15) is 13.2 Å². The van der Waals surface area contributed by atoms with Crippen LogP contribution in [0, 0.1) is 0 Å². The molecule has 0 spiro atoms. The minimum absolute atomic E-state index is 0.0141. The van der Waals surface area contributed by atoms with Crippen LogP contribution in [-0.2, 0) is 14.8 Å². The van der Waals surface area contributed by atoms with Crippen LogP contribution in [0.2, 0.25) is 5.02 Å². The highest BCUT2D eigenvalue weighted by atomic mass is 35.5. The zero-order chi connectivity index (χ0) is 18.0. The van der Waals surface area contributed by atoms with Crippen molar-refractivity contribution in [2.75, 3.05) is 11.8 Å². The number of hydrogen-bond donors (Lipinski definition) is 1. The van der Waals surface area contributed by atoms with Crippen LogP contribution in [0.3, 0.4) is 0 Å². The van der Waals surface area contributed by atoms with Gasteiger partial charge in [-0.05, 0) is 30.3 Å². The highest BCUT2D eigenvalue weighted by Gasteiger charge is 2.22. The average Bonchev–Trinajstić information content (AvgIpc) is 2.60. The number of esters is 1. The lowest BCUT2D eigenvalue weighted by atomic mass is 10.2. The second-order valence-electron chi connectivity index (χ2n) is 4.97. The normalized spacial score (nSPS) is 11.3. The van der Waals surface area contributed by atoms with Gasteiger partial charge in [0.1, 0.15) is 10.4 Å². The number of fused-ring (bicyclic) bond motifs is 1. The maximum atomic E-state index is 12.8. The van der Waals surface area contributed by atoms with Gasteiger partial charge in [0.25, 0.3) is 10.0 Å². The summed E-state index contributed by atoms with van der Waals surface area (Å²) in [5.74, 6) is -0.688. The Morgan fingerprint density at radius 2 is 1.92 bits per heavy atom. The van der Waals surface area contributed by atoms with Gasteiger partial charge in [0.15, 0.2) is 0 Å². The van der Waals surface area contributed by atoms with Gasteiger partial charge in [-0.3, -0.25) is 14.7 Å². The molecule has 0 aliphatic rings. The van der Waals surface area contributed by atoms with Gasteiger partial charge in [-0.25, -0.2) is 13.2 Å². The van der Waals surface area contributed by atoms with Crippen LogP contribution in [0.5, 0.6) is 0 Å². The highest BCUT2D eigenvalue weighted by Crippen LogP contribution is 2.26. The van der Waals surface area contributed by atoms with Crippen molar-refractivity contribution in [1.82, 2.24) is 9.97 Å². The van der Waals surface area contributed by atoms with E-state index >= 15 is 0 Å². The summed E-state index contributed by atoms with van der Waals surface area (Å²) in [5, 5.41) is 0.267. The largest absolute Gasteiger partial charge is 0.465 e. The van der Waals surface area contributed by atoms with Crippen LogP contribution in [0.25, 0.3) is 11.0 Å². The van der Waals surface area contributed by atoms with E-state index < -0.39 is 16.0 Å². The third kappa shape index (κ3) is 3.40. The van der Waals surface area contributed by atoms with Gasteiger partial charge >= 0.3 is 5.97 Å². The molecule has 1 heterocycles. The topological polar surface area (TPSA) is 98.2 Å². The second-order valence-corrected chi connectivity index (χ2v) is 7.05. The number of benzene rings is 2. The standard InChI is InChI=1S/C16H12ClN3O4S/c1-24-16(21)11-6-5-10(17)9-13(11)20-25(22,23)14-4-2-3-12-15(14)19-8-7-18-12/h2-9,20H,1H3. The average molecular weight is 378 g/mol. The number of halogens is 1. The van der Waals surface area contributed by atoms with Crippen molar-refractivity contribution in [3.8, 4) is 0 Å². The van der Waals surface area contributed by atoms with Crippen molar-refractivity contribution >= 4 is 44.3 Å². The number of rotatable bonds is 4. The van der Waals surface area contributed by atoms with Crippen molar-refractivity contribution in [3.63, 3.8) is 0 Å². The molecule has 0 fully saturated rings. The van der Waals surface area contributed by atoms with Crippen molar-refractivity contribution in [2.24, 2.45) is 0 Å². The van der Waals surface area contributed by atoms with E-state index in [2.05, 4.69) is 19.4 Å². The molecule has 9 heteroatoms. The highest BCUT2D eigenvalue weighted by molar-refractivity contribution is 7.93. The van der Waals surface area contributed by atoms with Gasteiger partial charge in [0, 0.05) is 17.4 Å². The molecule has 0 atom stereocenters. The van der Waals surface area contributed by atoms with E-state index in [0.717, 1.165) is 0 Å². The second kappa shape index (κ2) is 6.66. The Bertz CT molecular complexity index is 1060. The fraction of sp³-hybridized carbons (Fsp3) is 0.0625. The Morgan fingerprint density at radius 3 is 2.68 bits per heavy atom. The molecule has 0 saturated heterocycles. The van der Waals surface area contributed by atoms with Gasteiger partial charge < -0.3 is 4.74 Å². The van der Waals surface area contributed by atoms with Gasteiger partial charge in [0.05, 0.1) is 23.9 Å². The van der Waals surface area contributed by atoms with Crippen molar-refractivity contribution < 1.29 is 17.9 Å². The summed E-state index contributed by atoms with van der Waals surface area (Å²) < 4.78 is 32.7. The van der Waals surface area contributed by atoms with Crippen molar-refractivity contribution in [1.29, 1.82) is 0 Å². The summed E-state index contributed by atoms with van der Waals surface area (Å²) >= 11 is 5.93. The Labute approximate surface area is 148 Å². The van der Waals surface area contributed by atoms with Gasteiger partial charge in [-0.15, -0.1) is 0 Å². The Morgan fingerprint density at radius 1 is 1.16 bits per heavy atom. The minimum atomic E-state index is -4.04. The fourth-order valence-corrected chi connectivity index (χ4v) is 3.68. The zero-order valence-electron chi connectivity index (χ0n) is 12.9. The maximum Gasteiger partial charge on any atom is 0.339 e. The third-order valence-corrected chi connectivity index (χ3v) is 5.01. The van der Waals surface area contributed by atoms with Crippen LogP contribution in [0.15, 0.2) is 53.7 Å². The molecule has 1 aromatic heterocycles. The summed E-state index contributed by atoms with van der Waals surface area (Å²) in [6, 6.07) is 8.80. The number of carbonyl (C=O) groups excluding carboxylic acids is 1. The van der Waals surface area contributed by atoms with E-state index in [1.54, 1.807) is 12.1 Å². The number of methoxy groups -OCH3 is 1. The number of ether oxygens (including phenoxy) is 1. The number of sulfonamides is 1. The van der Waals surface area contributed by atoms with E-state index in [1.807, 2.05) is 0 Å². The molecule has 0 unspecified atom stereocenters. The van der Waals surface area contributed by atoms with Gasteiger partial charge in [-0.1, -0.05) is 17.7 Å². The maximum absolute atomic E-state index is 12.8. The lowest BCUT2D eigenvalue weighted by Gasteiger charge is -2.13. The number of para-hydroxylation sites is 1. The van der Waals surface area contributed by atoms with Gasteiger partial charge in [-0.2, -0.15) is 0 Å². The molecule has 0 bridgehead atoms. The molecule has 0 radical (unpaired) electrons. The van der Waals surface area contributed by atoms with E-state index in [-0.39, 0.29) is 26.7 Å². The smallest absolute Gasteiger partial charge is 0.339 e. The molecule has 25 heavy (non-hydrogen) atoms. The molecule has 0 aliphatic carbocycles. The summed E-state index contributed by atoms with van der Waals surface area (Å²) in [6.45, 7) is 0. The van der Waals surface area contributed by atoms with Crippen LogP contribution < -0.4 is 4.72 Å². The summed E-state index contributed by atoms with van der Waals surface area (Å²) in [7, 11) is -2.84. The first-order chi connectivity index (χ1) is 11.9. The molecule has 128 valence electrons. The number of hydrogen-bond acceptors (Lipinski definition) is 6. The molecule has 0 amide bonds. The minimum Gasteiger partial charge on any atom is -0.465 e.